The van der Waals surface area contributed by atoms with Crippen LogP contribution in [0.2, 0.25) is 0 Å². The summed E-state index contributed by atoms with van der Waals surface area (Å²) in [5, 5.41) is 3.23. The smallest absolute Gasteiger partial charge is 0.225 e. The SMILES string of the molecule is CC(C)(C)N[C@@H]1CN(C(=O)C2CCC(F)CC2)CC1F. The number of alkyl halides is 2. The van der Waals surface area contributed by atoms with Crippen LogP contribution in [-0.4, -0.2) is 47.8 Å². The second kappa shape index (κ2) is 5.96. The summed E-state index contributed by atoms with van der Waals surface area (Å²) in [7, 11) is 0. The van der Waals surface area contributed by atoms with Crippen LogP contribution in [0, 0.1) is 5.92 Å². The first-order chi connectivity index (χ1) is 9.26. The van der Waals surface area contributed by atoms with Gasteiger partial charge >= 0.3 is 0 Å². The van der Waals surface area contributed by atoms with Crippen LogP contribution < -0.4 is 5.32 Å². The van der Waals surface area contributed by atoms with Gasteiger partial charge in [0.15, 0.2) is 0 Å². The maximum Gasteiger partial charge on any atom is 0.225 e. The van der Waals surface area contributed by atoms with Crippen molar-refractivity contribution in [2.75, 3.05) is 13.1 Å². The fraction of sp³-hybridized carbons (Fsp3) is 0.933. The molecule has 1 aliphatic carbocycles. The molecule has 2 rings (SSSR count). The second-order valence-electron chi connectivity index (χ2n) is 7.21. The molecule has 0 aromatic carbocycles. The quantitative estimate of drug-likeness (QED) is 0.846. The van der Waals surface area contributed by atoms with Gasteiger partial charge in [0.05, 0.1) is 12.6 Å². The minimum atomic E-state index is -1.02. The third-order valence-corrected chi connectivity index (χ3v) is 4.18. The summed E-state index contributed by atoms with van der Waals surface area (Å²) < 4.78 is 27.2. The van der Waals surface area contributed by atoms with Gasteiger partial charge in [-0.05, 0) is 46.5 Å². The van der Waals surface area contributed by atoms with E-state index in [1.54, 1.807) is 4.90 Å². The van der Waals surface area contributed by atoms with E-state index >= 15 is 0 Å². The summed E-state index contributed by atoms with van der Waals surface area (Å²) >= 11 is 0. The van der Waals surface area contributed by atoms with Crippen molar-refractivity contribution in [3.63, 3.8) is 0 Å². The van der Waals surface area contributed by atoms with Crippen molar-refractivity contribution in [2.24, 2.45) is 5.92 Å². The van der Waals surface area contributed by atoms with Crippen molar-refractivity contribution in [1.82, 2.24) is 10.2 Å². The van der Waals surface area contributed by atoms with E-state index < -0.39 is 12.3 Å². The molecule has 1 saturated carbocycles. The zero-order valence-corrected chi connectivity index (χ0v) is 12.7. The average Bonchev–Trinajstić information content (AvgIpc) is 2.69. The lowest BCUT2D eigenvalue weighted by Gasteiger charge is -2.29. The van der Waals surface area contributed by atoms with Crippen molar-refractivity contribution in [3.05, 3.63) is 0 Å². The molecule has 1 N–H and O–H groups in total. The molecule has 1 aliphatic heterocycles. The Bertz CT molecular complexity index is 348. The minimum absolute atomic E-state index is 0.0118. The number of carbonyl (C=O) groups is 1. The number of rotatable bonds is 2. The molecule has 0 aromatic rings. The van der Waals surface area contributed by atoms with E-state index in [4.69, 9.17) is 0 Å². The van der Waals surface area contributed by atoms with E-state index in [2.05, 4.69) is 5.32 Å². The second-order valence-corrected chi connectivity index (χ2v) is 7.21. The highest BCUT2D eigenvalue weighted by molar-refractivity contribution is 5.79. The van der Waals surface area contributed by atoms with Gasteiger partial charge in [-0.2, -0.15) is 0 Å². The van der Waals surface area contributed by atoms with Crippen LogP contribution in [0.3, 0.4) is 0 Å². The first kappa shape index (κ1) is 15.7. The lowest BCUT2D eigenvalue weighted by molar-refractivity contribution is -0.136. The summed E-state index contributed by atoms with van der Waals surface area (Å²) in [5.74, 6) is -0.0969. The van der Waals surface area contributed by atoms with Gasteiger partial charge in [0.25, 0.3) is 0 Å². The van der Waals surface area contributed by atoms with Crippen LogP contribution in [-0.2, 0) is 4.79 Å². The van der Waals surface area contributed by atoms with Crippen molar-refractivity contribution < 1.29 is 13.6 Å². The highest BCUT2D eigenvalue weighted by Crippen LogP contribution is 2.29. The molecule has 1 unspecified atom stereocenters. The molecule has 0 radical (unpaired) electrons. The van der Waals surface area contributed by atoms with Gasteiger partial charge in [0.1, 0.15) is 12.3 Å². The van der Waals surface area contributed by atoms with Gasteiger partial charge in [0.2, 0.25) is 5.91 Å². The topological polar surface area (TPSA) is 32.3 Å². The molecule has 2 fully saturated rings. The van der Waals surface area contributed by atoms with E-state index in [1.165, 1.54) is 0 Å². The third kappa shape index (κ3) is 3.90. The first-order valence-corrected chi connectivity index (χ1v) is 7.61. The van der Waals surface area contributed by atoms with Crippen LogP contribution in [0.25, 0.3) is 0 Å². The molecule has 1 amide bonds. The molecule has 5 heteroatoms. The van der Waals surface area contributed by atoms with Crippen molar-refractivity contribution in [3.8, 4) is 0 Å². The Morgan fingerprint density at radius 3 is 2.25 bits per heavy atom. The Morgan fingerprint density at radius 2 is 1.70 bits per heavy atom. The molecule has 3 nitrogen and oxygen atoms in total. The first-order valence-electron chi connectivity index (χ1n) is 7.61. The lowest BCUT2D eigenvalue weighted by atomic mass is 9.87. The number of hydrogen-bond donors (Lipinski definition) is 1. The van der Waals surface area contributed by atoms with Crippen molar-refractivity contribution >= 4 is 5.91 Å². The van der Waals surface area contributed by atoms with Crippen molar-refractivity contribution in [1.29, 1.82) is 0 Å². The highest BCUT2D eigenvalue weighted by Gasteiger charge is 2.39. The molecule has 2 atom stereocenters. The fourth-order valence-electron chi connectivity index (χ4n) is 3.19. The Hall–Kier alpha value is -0.710. The van der Waals surface area contributed by atoms with Crippen LogP contribution in [0.1, 0.15) is 46.5 Å². The third-order valence-electron chi connectivity index (χ3n) is 4.18. The molecule has 116 valence electrons. The minimum Gasteiger partial charge on any atom is -0.338 e. The lowest BCUT2D eigenvalue weighted by Crippen LogP contribution is -2.48. The molecule has 0 spiro atoms. The molecular weight excluding hydrogens is 262 g/mol. The molecule has 0 aromatic heterocycles. The molecule has 1 heterocycles. The Labute approximate surface area is 120 Å². The molecule has 2 aliphatic rings. The molecular formula is C15H26F2N2O. The van der Waals surface area contributed by atoms with Crippen LogP contribution >= 0.6 is 0 Å². The summed E-state index contributed by atoms with van der Waals surface area (Å²) in [6, 6.07) is -0.295. The summed E-state index contributed by atoms with van der Waals surface area (Å²) in [6.45, 7) is 6.57. The monoisotopic (exact) mass is 288 g/mol. The number of amides is 1. The average molecular weight is 288 g/mol. The molecule has 0 bridgehead atoms. The predicted octanol–water partition coefficient (Wildman–Crippen LogP) is 2.45. The summed E-state index contributed by atoms with van der Waals surface area (Å²) in [6.07, 6.45) is 0.354. The largest absolute Gasteiger partial charge is 0.338 e. The van der Waals surface area contributed by atoms with Gasteiger partial charge in [-0.3, -0.25) is 4.79 Å². The van der Waals surface area contributed by atoms with E-state index in [9.17, 15) is 13.6 Å². The number of halogens is 2. The van der Waals surface area contributed by atoms with Gasteiger partial charge in [-0.1, -0.05) is 0 Å². The number of likely N-dealkylation sites (tertiary alicyclic amines) is 1. The van der Waals surface area contributed by atoms with Crippen LogP contribution in [0.4, 0.5) is 8.78 Å². The van der Waals surface area contributed by atoms with E-state index in [-0.39, 0.29) is 30.0 Å². The fourth-order valence-corrected chi connectivity index (χ4v) is 3.19. The van der Waals surface area contributed by atoms with Gasteiger partial charge in [-0.25, -0.2) is 8.78 Å². The van der Waals surface area contributed by atoms with Crippen LogP contribution in [0.5, 0.6) is 0 Å². The van der Waals surface area contributed by atoms with E-state index in [0.29, 0.717) is 32.2 Å². The van der Waals surface area contributed by atoms with E-state index in [1.807, 2.05) is 20.8 Å². The van der Waals surface area contributed by atoms with Crippen molar-refractivity contribution in [2.45, 2.75) is 70.4 Å². The Kier molecular flexibility index (Phi) is 4.67. The standard InChI is InChI=1S/C15H26F2N2O/c1-15(2,3)18-13-9-19(8-12(13)17)14(20)10-4-6-11(16)7-5-10/h10-13,18H,4-9H2,1-3H3/t10?,11?,12?,13-/m1/s1. The number of nitrogens with zero attached hydrogens (tertiary/aromatic N) is 1. The molecule has 20 heavy (non-hydrogen) atoms. The zero-order chi connectivity index (χ0) is 14.9. The number of nitrogens with one attached hydrogen (secondary N) is 1. The zero-order valence-electron chi connectivity index (χ0n) is 12.7. The predicted molar refractivity (Wildman–Crippen MR) is 75.0 cm³/mol. The maximum absolute atomic E-state index is 14.0. The van der Waals surface area contributed by atoms with Gasteiger partial charge < -0.3 is 10.2 Å². The van der Waals surface area contributed by atoms with Gasteiger partial charge in [-0.15, -0.1) is 0 Å². The number of hydrogen-bond acceptors (Lipinski definition) is 2. The van der Waals surface area contributed by atoms with Gasteiger partial charge in [0, 0.05) is 18.0 Å². The maximum atomic E-state index is 14.0. The summed E-state index contributed by atoms with van der Waals surface area (Å²) in [4.78, 5) is 14.0. The highest BCUT2D eigenvalue weighted by atomic mass is 19.1. The number of carbonyl (C=O) groups excluding carboxylic acids is 1. The Balaban J connectivity index is 1.89. The normalized spacial score (nSPS) is 35.4. The molecule has 1 saturated heterocycles. The Morgan fingerprint density at radius 1 is 1.10 bits per heavy atom. The van der Waals surface area contributed by atoms with E-state index in [0.717, 1.165) is 0 Å². The van der Waals surface area contributed by atoms with Crippen LogP contribution in [0.15, 0.2) is 0 Å². The summed E-state index contributed by atoms with van der Waals surface area (Å²) in [5.41, 5.74) is -0.166.